The molecule has 2 N–H and O–H groups in total. The van der Waals surface area contributed by atoms with Gasteiger partial charge in [0.15, 0.2) is 0 Å². The largest absolute Gasteiger partial charge is 0.394 e. The van der Waals surface area contributed by atoms with Crippen LogP contribution in [0.5, 0.6) is 0 Å². The molecule has 4 heteroatoms. The van der Waals surface area contributed by atoms with Gasteiger partial charge in [0, 0.05) is 6.20 Å². The van der Waals surface area contributed by atoms with Gasteiger partial charge in [0.25, 0.3) is 0 Å². The molecule has 1 aromatic heterocycles. The number of hydrogen-bond donors (Lipinski definition) is 2. The van der Waals surface area contributed by atoms with Crippen LogP contribution < -0.4 is 5.32 Å². The fraction of sp³-hybridized carbons (Fsp3) is 0.227. The van der Waals surface area contributed by atoms with Crippen molar-refractivity contribution >= 4 is 0 Å². The van der Waals surface area contributed by atoms with E-state index in [1.807, 2.05) is 61.5 Å². The van der Waals surface area contributed by atoms with Crippen LogP contribution in [0.3, 0.4) is 0 Å². The number of nitrogens with zero attached hydrogens (tertiary/aromatic N) is 1. The number of halogens is 1. The van der Waals surface area contributed by atoms with Gasteiger partial charge in [0.05, 0.1) is 23.9 Å². The van der Waals surface area contributed by atoms with Crippen molar-refractivity contribution in [2.45, 2.75) is 24.9 Å². The number of aliphatic hydroxyl groups is 1. The van der Waals surface area contributed by atoms with E-state index in [0.29, 0.717) is 12.0 Å². The maximum atomic E-state index is 14.3. The molecule has 3 rings (SSSR count). The lowest BCUT2D eigenvalue weighted by Crippen LogP contribution is -2.45. The Bertz CT molecular complexity index is 826. The van der Waals surface area contributed by atoms with Gasteiger partial charge < -0.3 is 5.11 Å². The summed E-state index contributed by atoms with van der Waals surface area (Å²) in [6.45, 7) is 1.93. The van der Waals surface area contributed by atoms with Gasteiger partial charge in [-0.15, -0.1) is 0 Å². The summed E-state index contributed by atoms with van der Waals surface area (Å²) in [6.07, 6.45) is 2.15. The molecule has 1 heterocycles. The number of nitrogens with one attached hydrogen (secondary N) is 1. The molecule has 0 unspecified atom stereocenters. The minimum absolute atomic E-state index is 0.0658. The molecule has 0 aliphatic heterocycles. The fourth-order valence-electron chi connectivity index (χ4n) is 3.23. The van der Waals surface area contributed by atoms with Crippen molar-refractivity contribution < 1.29 is 9.50 Å². The van der Waals surface area contributed by atoms with Crippen LogP contribution in [0.15, 0.2) is 79.0 Å². The summed E-state index contributed by atoms with van der Waals surface area (Å²) in [5.74, 6) is -0.239. The van der Waals surface area contributed by atoms with Gasteiger partial charge in [0.2, 0.25) is 0 Å². The highest BCUT2D eigenvalue weighted by Crippen LogP contribution is 2.29. The number of rotatable bonds is 7. The highest BCUT2D eigenvalue weighted by Gasteiger charge is 2.32. The number of benzene rings is 2. The van der Waals surface area contributed by atoms with E-state index in [1.165, 1.54) is 6.07 Å². The van der Waals surface area contributed by atoms with Gasteiger partial charge in [-0.1, -0.05) is 54.6 Å². The Morgan fingerprint density at radius 2 is 1.69 bits per heavy atom. The summed E-state index contributed by atoms with van der Waals surface area (Å²) in [4.78, 5) is 4.49. The Labute approximate surface area is 153 Å². The van der Waals surface area contributed by atoms with Crippen molar-refractivity contribution in [1.29, 1.82) is 0 Å². The molecule has 134 valence electrons. The molecule has 0 saturated carbocycles. The number of hydrogen-bond acceptors (Lipinski definition) is 3. The fourth-order valence-corrected chi connectivity index (χ4v) is 3.23. The van der Waals surface area contributed by atoms with Crippen LogP contribution in [0.2, 0.25) is 0 Å². The predicted molar refractivity (Wildman–Crippen MR) is 101 cm³/mol. The molecule has 0 bridgehead atoms. The number of aliphatic hydroxyl groups excluding tert-OH is 1. The maximum absolute atomic E-state index is 14.3. The third-order valence-corrected chi connectivity index (χ3v) is 4.61. The molecule has 3 nitrogen and oxygen atoms in total. The first-order valence-electron chi connectivity index (χ1n) is 8.71. The van der Waals surface area contributed by atoms with Gasteiger partial charge in [-0.2, -0.15) is 0 Å². The molecule has 0 fully saturated rings. The van der Waals surface area contributed by atoms with Crippen LogP contribution in [0.4, 0.5) is 4.39 Å². The number of aromatic nitrogens is 1. The molecule has 0 radical (unpaired) electrons. The van der Waals surface area contributed by atoms with Crippen molar-refractivity contribution in [2.75, 3.05) is 6.61 Å². The summed E-state index contributed by atoms with van der Waals surface area (Å²) in [7, 11) is 0. The molecular weight excluding hydrogens is 327 g/mol. The van der Waals surface area contributed by atoms with Gasteiger partial charge in [0.1, 0.15) is 5.82 Å². The van der Waals surface area contributed by atoms with Gasteiger partial charge >= 0.3 is 0 Å². The molecular formula is C22H23FN2O. The topological polar surface area (TPSA) is 45.1 Å². The summed E-state index contributed by atoms with van der Waals surface area (Å²) >= 11 is 0. The molecule has 2 atom stereocenters. The molecule has 0 spiro atoms. The van der Waals surface area contributed by atoms with Crippen LogP contribution in [0, 0.1) is 5.82 Å². The Kier molecular flexibility index (Phi) is 5.76. The van der Waals surface area contributed by atoms with Crippen molar-refractivity contribution in [3.63, 3.8) is 0 Å². The second-order valence-corrected chi connectivity index (χ2v) is 6.61. The lowest BCUT2D eigenvalue weighted by molar-refractivity contribution is 0.201. The van der Waals surface area contributed by atoms with Crippen molar-refractivity contribution in [3.05, 3.63) is 102 Å². The molecule has 0 aliphatic carbocycles. The number of pyridine rings is 1. The van der Waals surface area contributed by atoms with Crippen LogP contribution in [-0.2, 0) is 12.0 Å². The van der Waals surface area contributed by atoms with E-state index >= 15 is 0 Å². The van der Waals surface area contributed by atoms with Crippen LogP contribution >= 0.6 is 0 Å². The molecule has 2 aromatic carbocycles. The van der Waals surface area contributed by atoms with Gasteiger partial charge in [-0.05, 0) is 42.7 Å². The lowest BCUT2D eigenvalue weighted by atomic mass is 9.87. The average molecular weight is 350 g/mol. The average Bonchev–Trinajstić information content (AvgIpc) is 2.69. The van der Waals surface area contributed by atoms with Crippen LogP contribution in [0.25, 0.3) is 0 Å². The maximum Gasteiger partial charge on any atom is 0.126 e. The normalized spacial score (nSPS) is 14.6. The monoisotopic (exact) mass is 350 g/mol. The van der Waals surface area contributed by atoms with Gasteiger partial charge in [-0.3, -0.25) is 10.3 Å². The minimum Gasteiger partial charge on any atom is -0.394 e. The van der Waals surface area contributed by atoms with Crippen molar-refractivity contribution in [3.8, 4) is 0 Å². The Morgan fingerprint density at radius 1 is 1.00 bits per heavy atom. The first-order chi connectivity index (χ1) is 12.6. The first-order valence-corrected chi connectivity index (χ1v) is 8.71. The summed E-state index contributed by atoms with van der Waals surface area (Å²) in [5.41, 5.74) is 1.74. The highest BCUT2D eigenvalue weighted by atomic mass is 19.1. The second kappa shape index (κ2) is 8.21. The SMILES string of the molecule is C[C@@](Cc1ccccc1F)(N[C@H](CO)c1ccccc1)c1ccccn1. The molecule has 0 saturated heterocycles. The predicted octanol–water partition coefficient (Wildman–Crippen LogP) is 4.00. The molecule has 26 heavy (non-hydrogen) atoms. The standard InChI is InChI=1S/C22H23FN2O/c1-22(21-13-7-8-14-24-21,15-18-11-5-6-12-19(18)23)25-20(16-26)17-9-3-2-4-10-17/h2-14,20,25-26H,15-16H2,1H3/t20-,22+/m1/s1. The molecule has 0 aliphatic rings. The Balaban J connectivity index is 1.96. The molecule has 3 aromatic rings. The summed E-state index contributed by atoms with van der Waals surface area (Å²) in [6, 6.07) is 21.9. The van der Waals surface area contributed by atoms with E-state index in [4.69, 9.17) is 0 Å². The summed E-state index contributed by atoms with van der Waals surface area (Å²) in [5, 5.41) is 13.5. The first kappa shape index (κ1) is 18.2. The third-order valence-electron chi connectivity index (χ3n) is 4.61. The highest BCUT2D eigenvalue weighted by molar-refractivity contribution is 5.27. The molecule has 0 amide bonds. The van der Waals surface area contributed by atoms with Crippen molar-refractivity contribution in [1.82, 2.24) is 10.3 Å². The zero-order chi connectivity index (χ0) is 18.4. The minimum atomic E-state index is -0.646. The van der Waals surface area contributed by atoms with E-state index in [1.54, 1.807) is 18.3 Å². The van der Waals surface area contributed by atoms with E-state index in [9.17, 15) is 9.50 Å². The Morgan fingerprint density at radius 3 is 2.35 bits per heavy atom. The van der Waals surface area contributed by atoms with Crippen LogP contribution in [0.1, 0.15) is 29.8 Å². The van der Waals surface area contributed by atoms with Gasteiger partial charge in [-0.25, -0.2) is 4.39 Å². The quantitative estimate of drug-likeness (QED) is 0.677. The lowest BCUT2D eigenvalue weighted by Gasteiger charge is -2.35. The van der Waals surface area contributed by atoms with E-state index < -0.39 is 5.54 Å². The van der Waals surface area contributed by atoms with Crippen molar-refractivity contribution in [2.24, 2.45) is 0 Å². The van der Waals surface area contributed by atoms with E-state index in [2.05, 4.69) is 10.3 Å². The van der Waals surface area contributed by atoms with Crippen LogP contribution in [-0.4, -0.2) is 16.7 Å². The third kappa shape index (κ3) is 4.15. The van der Waals surface area contributed by atoms with E-state index in [0.717, 1.165) is 11.3 Å². The zero-order valence-corrected chi connectivity index (χ0v) is 14.8. The van der Waals surface area contributed by atoms with E-state index in [-0.39, 0.29) is 18.5 Å². The second-order valence-electron chi connectivity index (χ2n) is 6.61. The summed E-state index contributed by atoms with van der Waals surface area (Å²) < 4.78 is 14.3. The smallest absolute Gasteiger partial charge is 0.126 e. The Hall–Kier alpha value is -2.56. The zero-order valence-electron chi connectivity index (χ0n) is 14.8.